The summed E-state index contributed by atoms with van der Waals surface area (Å²) in [5, 5.41) is 5.03. The molecular formula is C26H15N3. The smallest absolute Gasteiger partial charge is 0.234 e. The first-order valence-corrected chi connectivity index (χ1v) is 9.78. The lowest BCUT2D eigenvalue weighted by Gasteiger charge is -2.09. The van der Waals surface area contributed by atoms with E-state index in [0.717, 1.165) is 5.52 Å². The van der Waals surface area contributed by atoms with E-state index in [0.29, 0.717) is 5.95 Å². The monoisotopic (exact) mass is 369 g/mol. The molecule has 2 aromatic heterocycles. The van der Waals surface area contributed by atoms with E-state index in [1.165, 1.54) is 49.3 Å². The third-order valence-corrected chi connectivity index (χ3v) is 6.05. The quantitative estimate of drug-likeness (QED) is 0.336. The molecule has 0 unspecified atom stereocenters. The van der Waals surface area contributed by atoms with Gasteiger partial charge in [0.25, 0.3) is 0 Å². The topological polar surface area (TPSA) is 30.7 Å². The zero-order chi connectivity index (χ0) is 18.9. The third kappa shape index (κ3) is 1.82. The van der Waals surface area contributed by atoms with Crippen LogP contribution in [0.4, 0.5) is 0 Å². The lowest BCUT2D eigenvalue weighted by atomic mass is 9.99. The molecule has 7 rings (SSSR count). The van der Waals surface area contributed by atoms with Gasteiger partial charge in [0.1, 0.15) is 0 Å². The van der Waals surface area contributed by atoms with Gasteiger partial charge in [-0.1, -0.05) is 60.7 Å². The first-order valence-electron chi connectivity index (χ1n) is 9.78. The lowest BCUT2D eigenvalue weighted by Crippen LogP contribution is -2.00. The van der Waals surface area contributed by atoms with Gasteiger partial charge >= 0.3 is 0 Å². The highest BCUT2D eigenvalue weighted by molar-refractivity contribution is 6.27. The molecule has 0 spiro atoms. The second kappa shape index (κ2) is 5.30. The average Bonchev–Trinajstić information content (AvgIpc) is 3.30. The highest BCUT2D eigenvalue weighted by Gasteiger charge is 2.25. The van der Waals surface area contributed by atoms with Gasteiger partial charge in [0.15, 0.2) is 0 Å². The highest BCUT2D eigenvalue weighted by Crippen LogP contribution is 2.50. The van der Waals surface area contributed by atoms with Gasteiger partial charge in [-0.3, -0.25) is 4.57 Å². The van der Waals surface area contributed by atoms with Crippen LogP contribution in [0.5, 0.6) is 0 Å². The Bertz CT molecular complexity index is 1590. The molecule has 29 heavy (non-hydrogen) atoms. The van der Waals surface area contributed by atoms with Crippen LogP contribution in [0.15, 0.2) is 91.3 Å². The van der Waals surface area contributed by atoms with Crippen LogP contribution in [-0.2, 0) is 0 Å². The second-order valence-corrected chi connectivity index (χ2v) is 7.50. The fourth-order valence-electron chi connectivity index (χ4n) is 4.94. The minimum atomic E-state index is 0.704. The maximum absolute atomic E-state index is 4.58. The van der Waals surface area contributed by atoms with Crippen LogP contribution < -0.4 is 0 Å². The van der Waals surface area contributed by atoms with Crippen molar-refractivity contribution in [1.29, 1.82) is 0 Å². The van der Waals surface area contributed by atoms with E-state index >= 15 is 0 Å². The molecule has 0 N–H and O–H groups in total. The molecule has 6 aromatic rings. The fourth-order valence-corrected chi connectivity index (χ4v) is 4.94. The van der Waals surface area contributed by atoms with E-state index in [4.69, 9.17) is 0 Å². The van der Waals surface area contributed by atoms with Crippen molar-refractivity contribution >= 4 is 32.6 Å². The number of aromatic nitrogens is 3. The van der Waals surface area contributed by atoms with E-state index < -0.39 is 0 Å². The van der Waals surface area contributed by atoms with Crippen molar-refractivity contribution in [2.24, 2.45) is 0 Å². The number of para-hydroxylation sites is 1. The Morgan fingerprint density at radius 3 is 2.10 bits per heavy atom. The predicted octanol–water partition coefficient (Wildman–Crippen LogP) is 6.37. The van der Waals surface area contributed by atoms with Crippen molar-refractivity contribution in [2.75, 3.05) is 0 Å². The van der Waals surface area contributed by atoms with Crippen LogP contribution >= 0.6 is 0 Å². The largest absolute Gasteiger partial charge is 0.277 e. The average molecular weight is 369 g/mol. The zero-order valence-corrected chi connectivity index (χ0v) is 15.5. The number of nitrogens with zero attached hydrogens (tertiary/aromatic N) is 3. The van der Waals surface area contributed by atoms with E-state index in [9.17, 15) is 0 Å². The molecule has 1 aliphatic rings. The third-order valence-electron chi connectivity index (χ3n) is 6.05. The Morgan fingerprint density at radius 2 is 1.24 bits per heavy atom. The van der Waals surface area contributed by atoms with Crippen molar-refractivity contribution in [3.8, 4) is 28.2 Å². The lowest BCUT2D eigenvalue weighted by molar-refractivity contribution is 0.991. The molecule has 0 fully saturated rings. The van der Waals surface area contributed by atoms with Gasteiger partial charge in [0, 0.05) is 28.6 Å². The first-order chi connectivity index (χ1) is 14.4. The zero-order valence-electron chi connectivity index (χ0n) is 15.5. The minimum Gasteiger partial charge on any atom is -0.277 e. The number of hydrogen-bond acceptors (Lipinski definition) is 2. The normalized spacial score (nSPS) is 12.1. The van der Waals surface area contributed by atoms with Crippen LogP contribution in [0.25, 0.3) is 60.8 Å². The summed E-state index contributed by atoms with van der Waals surface area (Å²) in [6.45, 7) is 0. The van der Waals surface area contributed by atoms with Gasteiger partial charge in [-0.2, -0.15) is 0 Å². The van der Waals surface area contributed by atoms with Gasteiger partial charge in [-0.25, -0.2) is 9.97 Å². The summed E-state index contributed by atoms with van der Waals surface area (Å²) >= 11 is 0. The molecule has 0 aliphatic heterocycles. The minimum absolute atomic E-state index is 0.704. The van der Waals surface area contributed by atoms with Crippen LogP contribution in [0, 0.1) is 0 Å². The Hall–Kier alpha value is -3.98. The molecular weight excluding hydrogens is 354 g/mol. The summed E-state index contributed by atoms with van der Waals surface area (Å²) in [6.07, 6.45) is 3.61. The molecule has 3 nitrogen and oxygen atoms in total. The Balaban J connectivity index is 1.78. The summed E-state index contributed by atoms with van der Waals surface area (Å²) in [5.74, 6) is 0.704. The van der Waals surface area contributed by atoms with Crippen LogP contribution in [-0.4, -0.2) is 14.5 Å². The van der Waals surface area contributed by atoms with Gasteiger partial charge in [0.05, 0.1) is 11.0 Å². The first kappa shape index (κ1) is 15.0. The number of hydrogen-bond donors (Lipinski definition) is 0. The number of rotatable bonds is 1. The maximum Gasteiger partial charge on any atom is 0.234 e. The summed E-state index contributed by atoms with van der Waals surface area (Å²) in [6, 6.07) is 28.1. The molecule has 0 radical (unpaired) electrons. The van der Waals surface area contributed by atoms with Crippen LogP contribution in [0.1, 0.15) is 0 Å². The van der Waals surface area contributed by atoms with E-state index in [-0.39, 0.29) is 0 Å². The summed E-state index contributed by atoms with van der Waals surface area (Å²) < 4.78 is 2.20. The molecule has 0 bridgehead atoms. The molecule has 4 aromatic carbocycles. The highest BCUT2D eigenvalue weighted by atomic mass is 15.1. The van der Waals surface area contributed by atoms with Gasteiger partial charge in [0.2, 0.25) is 5.95 Å². The molecule has 1 aliphatic carbocycles. The Kier molecular flexibility index (Phi) is 2.74. The van der Waals surface area contributed by atoms with Crippen molar-refractivity contribution < 1.29 is 0 Å². The van der Waals surface area contributed by atoms with Gasteiger partial charge in [-0.05, 0) is 45.8 Å². The summed E-state index contributed by atoms with van der Waals surface area (Å²) in [7, 11) is 0. The van der Waals surface area contributed by atoms with Crippen molar-refractivity contribution in [3.63, 3.8) is 0 Å². The molecule has 0 saturated heterocycles. The van der Waals surface area contributed by atoms with E-state index in [1.807, 2.05) is 6.07 Å². The number of fused-ring (bicyclic) bond motifs is 7. The predicted molar refractivity (Wildman–Crippen MR) is 118 cm³/mol. The summed E-state index contributed by atoms with van der Waals surface area (Å²) in [5.41, 5.74) is 7.55. The van der Waals surface area contributed by atoms with Gasteiger partial charge in [-0.15, -0.1) is 0 Å². The van der Waals surface area contributed by atoms with Crippen molar-refractivity contribution in [1.82, 2.24) is 14.5 Å². The molecule has 3 heteroatoms. The fraction of sp³-hybridized carbons (Fsp3) is 0. The molecule has 0 saturated carbocycles. The standard InChI is InChI=1S/C26H15N3/c1-2-8-17-16(7-1)19-10-5-11-20-24(19)21(17)15-22-18-9-3-4-12-23(18)29(25(20)22)26-27-13-6-14-28-26/h1-15H. The SMILES string of the molecule is c1cnc(-n2c3ccccc3c3cc4c5c(cccc5c32)-c2ccccc2-4)nc1. The molecule has 0 atom stereocenters. The van der Waals surface area contributed by atoms with Crippen molar-refractivity contribution in [2.45, 2.75) is 0 Å². The van der Waals surface area contributed by atoms with Gasteiger partial charge < -0.3 is 0 Å². The molecule has 2 heterocycles. The van der Waals surface area contributed by atoms with Crippen LogP contribution in [0.2, 0.25) is 0 Å². The second-order valence-electron chi connectivity index (χ2n) is 7.50. The van der Waals surface area contributed by atoms with E-state index in [1.54, 1.807) is 12.4 Å². The maximum atomic E-state index is 4.58. The van der Waals surface area contributed by atoms with E-state index in [2.05, 4.69) is 87.3 Å². The Labute approximate surface area is 166 Å². The molecule has 0 amide bonds. The number of benzene rings is 4. The van der Waals surface area contributed by atoms with Crippen LogP contribution in [0.3, 0.4) is 0 Å². The Morgan fingerprint density at radius 1 is 0.552 bits per heavy atom. The van der Waals surface area contributed by atoms with Crippen molar-refractivity contribution in [3.05, 3.63) is 91.3 Å². The summed E-state index contributed by atoms with van der Waals surface area (Å²) in [4.78, 5) is 9.16. The molecule has 134 valence electrons.